The van der Waals surface area contributed by atoms with Crippen LogP contribution in [0.15, 0.2) is 46.1 Å². The molecule has 0 aliphatic heterocycles. The lowest BCUT2D eigenvalue weighted by Crippen LogP contribution is -2.42. The highest BCUT2D eigenvalue weighted by atomic mass is 16.5. The molecule has 1 N–H and O–H groups in total. The maximum Gasteiger partial charge on any atom is 0.332 e. The Morgan fingerprint density at radius 2 is 1.76 bits per heavy atom. The molecule has 0 radical (unpaired) electrons. The van der Waals surface area contributed by atoms with Gasteiger partial charge in [-0.25, -0.2) is 14.3 Å². The van der Waals surface area contributed by atoms with Crippen molar-refractivity contribution in [2.75, 3.05) is 18.5 Å². The van der Waals surface area contributed by atoms with Gasteiger partial charge < -0.3 is 14.8 Å². The van der Waals surface area contributed by atoms with E-state index in [2.05, 4.69) is 10.3 Å². The Morgan fingerprint density at radius 3 is 2.48 bits per heavy atom. The molecule has 0 unspecified atom stereocenters. The van der Waals surface area contributed by atoms with Crippen molar-refractivity contribution in [3.63, 3.8) is 0 Å². The SMILES string of the molecule is CCOc1ccccc1NC(=O)Cn1c(=O)c2c(OCC)ccnc2n(C)c1=O. The minimum Gasteiger partial charge on any atom is -0.493 e. The van der Waals surface area contributed by atoms with Crippen LogP contribution in [0.2, 0.25) is 0 Å². The van der Waals surface area contributed by atoms with Gasteiger partial charge in [-0.3, -0.25) is 14.2 Å². The number of benzene rings is 1. The van der Waals surface area contributed by atoms with E-state index in [1.54, 1.807) is 37.3 Å². The average Bonchev–Trinajstić information content (AvgIpc) is 2.71. The lowest BCUT2D eigenvalue weighted by Gasteiger charge is -2.14. The fraction of sp³-hybridized carbons (Fsp3) is 0.300. The van der Waals surface area contributed by atoms with Crippen molar-refractivity contribution in [1.82, 2.24) is 14.1 Å². The van der Waals surface area contributed by atoms with Gasteiger partial charge in [-0.15, -0.1) is 0 Å². The van der Waals surface area contributed by atoms with E-state index in [1.807, 2.05) is 6.92 Å². The van der Waals surface area contributed by atoms with Crippen LogP contribution in [0, 0.1) is 0 Å². The highest BCUT2D eigenvalue weighted by Gasteiger charge is 2.18. The monoisotopic (exact) mass is 398 g/mol. The Kier molecular flexibility index (Phi) is 5.96. The first-order valence-electron chi connectivity index (χ1n) is 9.20. The molecule has 1 aromatic carbocycles. The number of pyridine rings is 1. The number of nitrogens with one attached hydrogen (secondary N) is 1. The highest BCUT2D eigenvalue weighted by molar-refractivity contribution is 5.92. The molecule has 1 amide bonds. The number of hydrogen-bond acceptors (Lipinski definition) is 6. The molecule has 29 heavy (non-hydrogen) atoms. The van der Waals surface area contributed by atoms with Crippen LogP contribution in [-0.4, -0.2) is 33.2 Å². The summed E-state index contributed by atoms with van der Waals surface area (Å²) in [5.74, 6) is 0.288. The standard InChI is InChI=1S/C20H22N4O5/c1-4-28-14-9-7-6-8-13(14)22-16(25)12-24-19(26)17-15(29-5-2)10-11-21-18(17)23(3)20(24)27/h6-11H,4-5,12H2,1-3H3,(H,22,25). The summed E-state index contributed by atoms with van der Waals surface area (Å²) >= 11 is 0. The van der Waals surface area contributed by atoms with Crippen molar-refractivity contribution in [3.05, 3.63) is 57.4 Å². The summed E-state index contributed by atoms with van der Waals surface area (Å²) in [4.78, 5) is 42.3. The third-order valence-corrected chi connectivity index (χ3v) is 4.25. The van der Waals surface area contributed by atoms with E-state index in [1.165, 1.54) is 17.8 Å². The molecule has 2 aromatic heterocycles. The quantitative estimate of drug-likeness (QED) is 0.647. The van der Waals surface area contributed by atoms with E-state index in [9.17, 15) is 14.4 Å². The first-order chi connectivity index (χ1) is 14.0. The Labute approximate surface area is 166 Å². The maximum absolute atomic E-state index is 13.0. The molecule has 0 saturated heterocycles. The van der Waals surface area contributed by atoms with Crippen LogP contribution < -0.4 is 26.0 Å². The van der Waals surface area contributed by atoms with Gasteiger partial charge >= 0.3 is 5.69 Å². The van der Waals surface area contributed by atoms with Gasteiger partial charge in [0, 0.05) is 13.2 Å². The van der Waals surface area contributed by atoms with Crippen LogP contribution in [0.5, 0.6) is 11.5 Å². The summed E-state index contributed by atoms with van der Waals surface area (Å²) in [7, 11) is 1.49. The number of aromatic nitrogens is 3. The minimum absolute atomic E-state index is 0.152. The topological polar surface area (TPSA) is 104 Å². The molecule has 3 aromatic rings. The zero-order chi connectivity index (χ0) is 21.0. The van der Waals surface area contributed by atoms with Gasteiger partial charge in [0.2, 0.25) is 5.91 Å². The number of aryl methyl sites for hydroxylation is 1. The number of amides is 1. The third kappa shape index (κ3) is 3.98. The van der Waals surface area contributed by atoms with Crippen LogP contribution in [0.1, 0.15) is 13.8 Å². The van der Waals surface area contributed by atoms with Crippen LogP contribution in [0.4, 0.5) is 5.69 Å². The predicted molar refractivity (Wildman–Crippen MR) is 109 cm³/mol. The van der Waals surface area contributed by atoms with Crippen molar-refractivity contribution in [3.8, 4) is 11.5 Å². The minimum atomic E-state index is -0.642. The average molecular weight is 398 g/mol. The molecule has 0 bridgehead atoms. The first kappa shape index (κ1) is 20.1. The number of fused-ring (bicyclic) bond motifs is 1. The number of carbonyl (C=O) groups excluding carboxylic acids is 1. The summed E-state index contributed by atoms with van der Waals surface area (Å²) in [5, 5.41) is 2.84. The van der Waals surface area contributed by atoms with E-state index >= 15 is 0 Å². The second kappa shape index (κ2) is 8.59. The molecule has 0 spiro atoms. The highest BCUT2D eigenvalue weighted by Crippen LogP contribution is 2.23. The van der Waals surface area contributed by atoms with Gasteiger partial charge in [0.25, 0.3) is 5.56 Å². The third-order valence-electron chi connectivity index (χ3n) is 4.25. The lowest BCUT2D eigenvalue weighted by atomic mass is 10.3. The summed E-state index contributed by atoms with van der Waals surface area (Å²) in [6, 6.07) is 8.49. The van der Waals surface area contributed by atoms with E-state index in [-0.39, 0.29) is 11.0 Å². The number of hydrogen-bond donors (Lipinski definition) is 1. The Bertz CT molecular complexity index is 1170. The van der Waals surface area contributed by atoms with Crippen molar-refractivity contribution in [2.24, 2.45) is 7.05 Å². The summed E-state index contributed by atoms with van der Waals surface area (Å²) < 4.78 is 13.1. The number of nitrogens with zero attached hydrogens (tertiary/aromatic N) is 3. The van der Waals surface area contributed by atoms with Gasteiger partial charge in [0.15, 0.2) is 5.65 Å². The molecule has 0 aliphatic rings. The zero-order valence-electron chi connectivity index (χ0n) is 16.5. The van der Waals surface area contributed by atoms with E-state index in [0.29, 0.717) is 30.4 Å². The van der Waals surface area contributed by atoms with E-state index in [4.69, 9.17) is 9.47 Å². The fourth-order valence-electron chi connectivity index (χ4n) is 2.98. The lowest BCUT2D eigenvalue weighted by molar-refractivity contribution is -0.116. The number of ether oxygens (including phenoxy) is 2. The largest absolute Gasteiger partial charge is 0.493 e. The van der Waals surface area contributed by atoms with E-state index in [0.717, 1.165) is 4.57 Å². The number of para-hydroxylation sites is 2. The molecule has 0 saturated carbocycles. The molecule has 9 nitrogen and oxygen atoms in total. The Balaban J connectivity index is 2.00. The molecule has 152 valence electrons. The second-order valence-corrected chi connectivity index (χ2v) is 6.15. The van der Waals surface area contributed by atoms with Crippen molar-refractivity contribution in [2.45, 2.75) is 20.4 Å². The van der Waals surface area contributed by atoms with Crippen LogP contribution in [-0.2, 0) is 18.4 Å². The van der Waals surface area contributed by atoms with Gasteiger partial charge in [0.1, 0.15) is 23.4 Å². The number of rotatable bonds is 7. The zero-order valence-corrected chi connectivity index (χ0v) is 16.5. The maximum atomic E-state index is 13.0. The molecule has 3 rings (SSSR count). The molecule has 0 aliphatic carbocycles. The van der Waals surface area contributed by atoms with Gasteiger partial charge in [0.05, 0.1) is 18.9 Å². The Hall–Kier alpha value is -3.62. The summed E-state index contributed by atoms with van der Waals surface area (Å²) in [6.07, 6.45) is 1.47. The molecule has 0 atom stereocenters. The number of carbonyl (C=O) groups is 1. The first-order valence-corrected chi connectivity index (χ1v) is 9.20. The normalized spacial score (nSPS) is 10.7. The molecular formula is C20H22N4O5. The van der Waals surface area contributed by atoms with Gasteiger partial charge in [-0.05, 0) is 32.0 Å². The van der Waals surface area contributed by atoms with Crippen LogP contribution in [0.25, 0.3) is 11.0 Å². The van der Waals surface area contributed by atoms with Crippen molar-refractivity contribution >= 4 is 22.6 Å². The van der Waals surface area contributed by atoms with Crippen molar-refractivity contribution < 1.29 is 14.3 Å². The van der Waals surface area contributed by atoms with Crippen LogP contribution >= 0.6 is 0 Å². The molecule has 0 fully saturated rings. The molecular weight excluding hydrogens is 376 g/mol. The molecule has 2 heterocycles. The number of anilines is 1. The smallest absolute Gasteiger partial charge is 0.332 e. The molecule has 9 heteroatoms. The predicted octanol–water partition coefficient (Wildman–Crippen LogP) is 1.53. The summed E-state index contributed by atoms with van der Waals surface area (Å²) in [6.45, 7) is 3.94. The Morgan fingerprint density at radius 1 is 1.07 bits per heavy atom. The fourth-order valence-corrected chi connectivity index (χ4v) is 2.98. The second-order valence-electron chi connectivity index (χ2n) is 6.15. The van der Waals surface area contributed by atoms with Gasteiger partial charge in [-0.1, -0.05) is 12.1 Å². The van der Waals surface area contributed by atoms with Gasteiger partial charge in [-0.2, -0.15) is 0 Å². The summed E-state index contributed by atoms with van der Waals surface area (Å²) in [5.41, 5.74) is -0.615. The van der Waals surface area contributed by atoms with Crippen molar-refractivity contribution in [1.29, 1.82) is 0 Å². The van der Waals surface area contributed by atoms with Crippen LogP contribution in [0.3, 0.4) is 0 Å². The van der Waals surface area contributed by atoms with E-state index < -0.39 is 23.7 Å².